The fourth-order valence-electron chi connectivity index (χ4n) is 2.71. The summed E-state index contributed by atoms with van der Waals surface area (Å²) < 4.78 is 0. The largest absolute Gasteiger partial charge is 0.384 e. The molecule has 1 saturated heterocycles. The van der Waals surface area contributed by atoms with Crippen LogP contribution >= 0.6 is 0 Å². The molecule has 2 nitrogen and oxygen atoms in total. The molecule has 106 valence electrons. The maximum Gasteiger partial charge on any atom is 0.0340 e. The smallest absolute Gasteiger partial charge is 0.0340 e. The van der Waals surface area contributed by atoms with Gasteiger partial charge in [0.1, 0.15) is 0 Å². The van der Waals surface area contributed by atoms with Crippen molar-refractivity contribution in [2.75, 3.05) is 31.5 Å². The number of nitrogens with zero attached hydrogens (tertiary/aromatic N) is 1. The molecule has 0 radical (unpaired) electrons. The lowest BCUT2D eigenvalue weighted by atomic mass is 10.1. The number of likely N-dealkylation sites (tertiary alicyclic amines) is 1. The van der Waals surface area contributed by atoms with Gasteiger partial charge in [0.2, 0.25) is 0 Å². The van der Waals surface area contributed by atoms with Crippen LogP contribution in [0.1, 0.15) is 44.6 Å². The van der Waals surface area contributed by atoms with Crippen LogP contribution in [0.25, 0.3) is 0 Å². The average Bonchev–Trinajstić information content (AvgIpc) is 2.47. The van der Waals surface area contributed by atoms with Crippen molar-refractivity contribution in [1.29, 1.82) is 0 Å². The lowest BCUT2D eigenvalue weighted by Gasteiger charge is -2.26. The second kappa shape index (κ2) is 8.21. The molecule has 0 aliphatic carbocycles. The Bertz CT molecular complexity index is 339. The van der Waals surface area contributed by atoms with Gasteiger partial charge in [-0.25, -0.2) is 0 Å². The van der Waals surface area contributed by atoms with E-state index in [9.17, 15) is 0 Å². The van der Waals surface area contributed by atoms with Crippen molar-refractivity contribution in [3.8, 4) is 0 Å². The number of hydrogen-bond donors (Lipinski definition) is 1. The molecule has 0 atom stereocenters. The van der Waals surface area contributed by atoms with Gasteiger partial charge in [-0.2, -0.15) is 0 Å². The number of unbranched alkanes of at least 4 members (excludes halogenated alkanes) is 1. The van der Waals surface area contributed by atoms with Crippen LogP contribution in [-0.4, -0.2) is 31.1 Å². The second-order valence-corrected chi connectivity index (χ2v) is 5.63. The van der Waals surface area contributed by atoms with E-state index in [1.54, 1.807) is 0 Å². The first-order valence-corrected chi connectivity index (χ1v) is 7.93. The Morgan fingerprint density at radius 1 is 1.05 bits per heavy atom. The SMILES string of the molecule is CCCCc1ccc(NCCN2CCCCC2)cc1. The fourth-order valence-corrected chi connectivity index (χ4v) is 2.71. The summed E-state index contributed by atoms with van der Waals surface area (Å²) in [6.45, 7) is 7.07. The van der Waals surface area contributed by atoms with Crippen LogP contribution in [0.3, 0.4) is 0 Å². The number of rotatable bonds is 7. The molecule has 1 aliphatic heterocycles. The van der Waals surface area contributed by atoms with E-state index in [0.717, 1.165) is 6.54 Å². The molecule has 0 amide bonds. The van der Waals surface area contributed by atoms with Gasteiger partial charge in [-0.3, -0.25) is 0 Å². The van der Waals surface area contributed by atoms with Crippen LogP contribution in [-0.2, 0) is 6.42 Å². The third kappa shape index (κ3) is 5.23. The minimum Gasteiger partial charge on any atom is -0.384 e. The van der Waals surface area contributed by atoms with E-state index in [-0.39, 0.29) is 0 Å². The zero-order valence-electron chi connectivity index (χ0n) is 12.3. The number of piperidine rings is 1. The first-order chi connectivity index (χ1) is 9.38. The van der Waals surface area contributed by atoms with E-state index >= 15 is 0 Å². The fraction of sp³-hybridized carbons (Fsp3) is 0.647. The molecular weight excluding hydrogens is 232 g/mol. The highest BCUT2D eigenvalue weighted by molar-refractivity contribution is 5.44. The van der Waals surface area contributed by atoms with E-state index in [0.29, 0.717) is 0 Å². The number of hydrogen-bond acceptors (Lipinski definition) is 2. The molecule has 0 spiro atoms. The van der Waals surface area contributed by atoms with Crippen molar-refractivity contribution in [3.05, 3.63) is 29.8 Å². The van der Waals surface area contributed by atoms with E-state index in [1.165, 1.54) is 69.4 Å². The molecule has 1 aromatic rings. The van der Waals surface area contributed by atoms with Gasteiger partial charge in [-0.05, 0) is 56.5 Å². The predicted octanol–water partition coefficient (Wildman–Crippen LogP) is 3.93. The topological polar surface area (TPSA) is 15.3 Å². The third-order valence-electron chi connectivity index (χ3n) is 3.98. The van der Waals surface area contributed by atoms with Crippen molar-refractivity contribution >= 4 is 5.69 Å². The van der Waals surface area contributed by atoms with E-state index < -0.39 is 0 Å². The van der Waals surface area contributed by atoms with E-state index in [1.807, 2.05) is 0 Å². The highest BCUT2D eigenvalue weighted by Crippen LogP contribution is 2.12. The summed E-state index contributed by atoms with van der Waals surface area (Å²) in [6, 6.07) is 8.97. The van der Waals surface area contributed by atoms with Crippen LogP contribution < -0.4 is 5.32 Å². The highest BCUT2D eigenvalue weighted by Gasteiger charge is 2.08. The van der Waals surface area contributed by atoms with Crippen LogP contribution in [0.5, 0.6) is 0 Å². The van der Waals surface area contributed by atoms with Gasteiger partial charge in [0.05, 0.1) is 0 Å². The maximum absolute atomic E-state index is 3.53. The van der Waals surface area contributed by atoms with Crippen molar-refractivity contribution in [2.45, 2.75) is 45.4 Å². The molecule has 19 heavy (non-hydrogen) atoms. The summed E-state index contributed by atoms with van der Waals surface area (Å²) in [5.41, 5.74) is 2.72. The molecule has 1 aromatic carbocycles. The van der Waals surface area contributed by atoms with Gasteiger partial charge in [0, 0.05) is 18.8 Å². The van der Waals surface area contributed by atoms with Gasteiger partial charge >= 0.3 is 0 Å². The molecule has 0 aromatic heterocycles. The van der Waals surface area contributed by atoms with Crippen LogP contribution in [0.4, 0.5) is 5.69 Å². The molecule has 0 bridgehead atoms. The third-order valence-corrected chi connectivity index (χ3v) is 3.98. The Morgan fingerprint density at radius 3 is 2.47 bits per heavy atom. The average molecular weight is 260 g/mol. The molecule has 1 fully saturated rings. The Labute approximate surface area is 118 Å². The maximum atomic E-state index is 3.53. The Hall–Kier alpha value is -1.02. The second-order valence-electron chi connectivity index (χ2n) is 5.63. The summed E-state index contributed by atoms with van der Waals surface area (Å²) in [6.07, 6.45) is 7.96. The summed E-state index contributed by atoms with van der Waals surface area (Å²) in [7, 11) is 0. The quantitative estimate of drug-likeness (QED) is 0.799. The zero-order chi connectivity index (χ0) is 13.3. The van der Waals surface area contributed by atoms with Gasteiger partial charge in [-0.15, -0.1) is 0 Å². The zero-order valence-corrected chi connectivity index (χ0v) is 12.3. The number of nitrogens with one attached hydrogen (secondary N) is 1. The summed E-state index contributed by atoms with van der Waals surface area (Å²) >= 11 is 0. The van der Waals surface area contributed by atoms with Gasteiger partial charge in [0.15, 0.2) is 0 Å². The van der Waals surface area contributed by atoms with Crippen molar-refractivity contribution in [2.24, 2.45) is 0 Å². The first-order valence-electron chi connectivity index (χ1n) is 7.93. The van der Waals surface area contributed by atoms with Gasteiger partial charge < -0.3 is 10.2 Å². The number of anilines is 1. The normalized spacial score (nSPS) is 16.5. The highest BCUT2D eigenvalue weighted by atomic mass is 15.1. The van der Waals surface area contributed by atoms with E-state index in [4.69, 9.17) is 0 Å². The van der Waals surface area contributed by atoms with Crippen LogP contribution in [0.15, 0.2) is 24.3 Å². The molecule has 2 rings (SSSR count). The molecule has 1 N–H and O–H groups in total. The van der Waals surface area contributed by atoms with Crippen LogP contribution in [0, 0.1) is 0 Å². The van der Waals surface area contributed by atoms with Crippen molar-refractivity contribution in [3.63, 3.8) is 0 Å². The Balaban J connectivity index is 1.67. The summed E-state index contributed by atoms with van der Waals surface area (Å²) in [5.74, 6) is 0. The van der Waals surface area contributed by atoms with Crippen molar-refractivity contribution < 1.29 is 0 Å². The molecule has 1 heterocycles. The minimum atomic E-state index is 1.06. The number of benzene rings is 1. The molecule has 2 heteroatoms. The molecule has 1 aliphatic rings. The number of aryl methyl sites for hydroxylation is 1. The Kier molecular flexibility index (Phi) is 6.22. The van der Waals surface area contributed by atoms with Crippen molar-refractivity contribution in [1.82, 2.24) is 4.90 Å². The first kappa shape index (κ1) is 14.4. The van der Waals surface area contributed by atoms with Crippen LogP contribution in [0.2, 0.25) is 0 Å². The predicted molar refractivity (Wildman–Crippen MR) is 83.8 cm³/mol. The Morgan fingerprint density at radius 2 is 1.79 bits per heavy atom. The monoisotopic (exact) mass is 260 g/mol. The standard InChI is InChI=1S/C17H28N2/c1-2-3-7-16-8-10-17(11-9-16)18-12-15-19-13-5-4-6-14-19/h8-11,18H,2-7,12-15H2,1H3. The van der Waals surface area contributed by atoms with Gasteiger partial charge in [-0.1, -0.05) is 31.9 Å². The molecule has 0 saturated carbocycles. The lowest BCUT2D eigenvalue weighted by molar-refractivity contribution is 0.237. The lowest BCUT2D eigenvalue weighted by Crippen LogP contribution is -2.33. The molecule has 0 unspecified atom stereocenters. The molecular formula is C17H28N2. The van der Waals surface area contributed by atoms with Gasteiger partial charge in [0.25, 0.3) is 0 Å². The summed E-state index contributed by atoms with van der Waals surface area (Å²) in [4.78, 5) is 2.58. The minimum absolute atomic E-state index is 1.06. The summed E-state index contributed by atoms with van der Waals surface area (Å²) in [5, 5.41) is 3.53. The van der Waals surface area contributed by atoms with E-state index in [2.05, 4.69) is 41.4 Å².